The van der Waals surface area contributed by atoms with Crippen LogP contribution in [-0.2, 0) is 10.1 Å². The molecule has 1 aromatic carbocycles. The van der Waals surface area contributed by atoms with E-state index in [1.165, 1.54) is 12.1 Å². The fourth-order valence-corrected chi connectivity index (χ4v) is 1.88. The van der Waals surface area contributed by atoms with Gasteiger partial charge in [0.15, 0.2) is 0 Å². The van der Waals surface area contributed by atoms with Crippen molar-refractivity contribution in [3.05, 3.63) is 28.3 Å². The summed E-state index contributed by atoms with van der Waals surface area (Å²) in [7, 11) is -3.54. The topological polar surface area (TPSA) is 107 Å². The van der Waals surface area contributed by atoms with Gasteiger partial charge in [0.2, 0.25) is 4.90 Å². The van der Waals surface area contributed by atoms with Crippen molar-refractivity contribution in [2.24, 2.45) is 0 Å². The maximum absolute atomic E-state index is 10.9. The fourth-order valence-electron chi connectivity index (χ4n) is 1.07. The number of benzene rings is 1. The second-order valence-electron chi connectivity index (χ2n) is 2.54. The number of rotatable bonds is 3. The van der Waals surface area contributed by atoms with Gasteiger partial charge >= 0.3 is 10.1 Å². The van der Waals surface area contributed by atoms with Crippen LogP contribution in [-0.4, -0.2) is 25.0 Å². The molecular weight excluding hydrogens is 226 g/mol. The Hall–Kier alpha value is -1.67. The summed E-state index contributed by atoms with van der Waals surface area (Å²) < 4.78 is 35.3. The Morgan fingerprint density at radius 3 is 2.47 bits per heavy atom. The van der Waals surface area contributed by atoms with E-state index in [0.717, 1.165) is 13.2 Å². The van der Waals surface area contributed by atoms with Gasteiger partial charge in [-0.2, -0.15) is 8.42 Å². The lowest BCUT2D eigenvalue weighted by Crippen LogP contribution is -2.05. The largest absolute Gasteiger partial charge is 0.495 e. The van der Waals surface area contributed by atoms with Crippen molar-refractivity contribution >= 4 is 15.8 Å². The maximum atomic E-state index is 10.9. The van der Waals surface area contributed by atoms with Crippen molar-refractivity contribution in [3.63, 3.8) is 0 Å². The number of methoxy groups -OCH3 is 1. The molecule has 1 N–H and O–H groups in total. The molecule has 0 bridgehead atoms. The van der Waals surface area contributed by atoms with Gasteiger partial charge in [0.05, 0.1) is 12.0 Å². The lowest BCUT2D eigenvalue weighted by Gasteiger charge is -2.05. The van der Waals surface area contributed by atoms with Crippen LogP contribution in [0.3, 0.4) is 0 Å². The Labute approximate surface area is 85.2 Å². The number of nitrogens with zero attached hydrogens (tertiary/aromatic N) is 1. The molecule has 0 aliphatic rings. The van der Waals surface area contributed by atoms with Gasteiger partial charge in [-0.1, -0.05) is 6.07 Å². The molecular formula is C7H7NO6S. The van der Waals surface area contributed by atoms with Gasteiger partial charge in [0.1, 0.15) is 5.75 Å². The van der Waals surface area contributed by atoms with Crippen molar-refractivity contribution in [1.29, 1.82) is 0 Å². The molecule has 1 rings (SSSR count). The van der Waals surface area contributed by atoms with Crippen LogP contribution in [0.25, 0.3) is 0 Å². The van der Waals surface area contributed by atoms with E-state index in [4.69, 9.17) is 4.55 Å². The van der Waals surface area contributed by atoms with Crippen LogP contribution in [0, 0.1) is 10.1 Å². The van der Waals surface area contributed by atoms with Crippen molar-refractivity contribution in [2.45, 2.75) is 4.90 Å². The predicted molar refractivity (Wildman–Crippen MR) is 49.5 cm³/mol. The minimum absolute atomic E-state index is 0.272. The summed E-state index contributed by atoms with van der Waals surface area (Å²) in [5, 5.41) is 10.5. The average molecular weight is 233 g/mol. The molecule has 0 fully saturated rings. The summed E-state index contributed by atoms with van der Waals surface area (Å²) in [6.07, 6.45) is 0. The highest BCUT2D eigenvalue weighted by atomic mass is 32.2. The highest BCUT2D eigenvalue weighted by Crippen LogP contribution is 2.32. The molecule has 0 spiro atoms. The van der Waals surface area contributed by atoms with E-state index in [-0.39, 0.29) is 5.75 Å². The molecule has 1 aromatic rings. The summed E-state index contributed by atoms with van der Waals surface area (Å²) in [6.45, 7) is 0. The third kappa shape index (κ3) is 2.22. The van der Waals surface area contributed by atoms with E-state index >= 15 is 0 Å². The highest BCUT2D eigenvalue weighted by Gasteiger charge is 2.28. The molecule has 82 valence electrons. The fraction of sp³-hybridized carbons (Fsp3) is 0.143. The van der Waals surface area contributed by atoms with Crippen LogP contribution in [0.2, 0.25) is 0 Å². The van der Waals surface area contributed by atoms with Crippen LogP contribution in [0.4, 0.5) is 5.69 Å². The number of ether oxygens (including phenoxy) is 1. The van der Waals surface area contributed by atoms with Crippen LogP contribution in [0.5, 0.6) is 5.75 Å². The summed E-state index contributed by atoms with van der Waals surface area (Å²) >= 11 is 0. The van der Waals surface area contributed by atoms with E-state index in [9.17, 15) is 18.5 Å². The number of hydrogen-bond donors (Lipinski definition) is 1. The van der Waals surface area contributed by atoms with Crippen molar-refractivity contribution in [3.8, 4) is 5.75 Å². The van der Waals surface area contributed by atoms with Crippen LogP contribution < -0.4 is 4.74 Å². The first kappa shape index (κ1) is 11.4. The first-order valence-corrected chi connectivity index (χ1v) is 5.11. The first-order valence-electron chi connectivity index (χ1n) is 3.67. The zero-order valence-electron chi connectivity index (χ0n) is 7.58. The Morgan fingerprint density at radius 2 is 2.07 bits per heavy atom. The summed E-state index contributed by atoms with van der Waals surface area (Å²) in [4.78, 5) is 8.76. The lowest BCUT2D eigenvalue weighted by molar-refractivity contribution is -0.388. The van der Waals surface area contributed by atoms with Crippen molar-refractivity contribution < 1.29 is 22.6 Å². The average Bonchev–Trinajstić information content (AvgIpc) is 2.15. The molecule has 15 heavy (non-hydrogen) atoms. The minimum atomic E-state index is -4.69. The van der Waals surface area contributed by atoms with Crippen LogP contribution in [0.15, 0.2) is 23.1 Å². The minimum Gasteiger partial charge on any atom is -0.495 e. The Bertz CT molecular complexity index is 494. The standard InChI is InChI=1S/C7H7NO6S/c1-14-6-4-2-3-5(8(9)10)7(6)15(11,12)13/h2-4H,1H3,(H,11,12,13). The van der Waals surface area contributed by atoms with Gasteiger partial charge in [-0.3, -0.25) is 14.7 Å². The second kappa shape index (κ2) is 3.83. The van der Waals surface area contributed by atoms with E-state index < -0.39 is 25.6 Å². The number of nitro groups is 1. The lowest BCUT2D eigenvalue weighted by atomic mass is 10.3. The Kier molecular flexibility index (Phi) is 2.91. The van der Waals surface area contributed by atoms with Crippen LogP contribution in [0.1, 0.15) is 0 Å². The molecule has 8 heteroatoms. The third-order valence-corrected chi connectivity index (χ3v) is 2.56. The molecule has 0 aliphatic carbocycles. The van der Waals surface area contributed by atoms with Gasteiger partial charge in [-0.15, -0.1) is 0 Å². The third-order valence-electron chi connectivity index (χ3n) is 1.63. The molecule has 7 nitrogen and oxygen atoms in total. The molecule has 0 atom stereocenters. The van der Waals surface area contributed by atoms with Gasteiger partial charge < -0.3 is 4.74 Å². The summed E-state index contributed by atoms with van der Waals surface area (Å²) in [6, 6.07) is 3.42. The maximum Gasteiger partial charge on any atom is 0.305 e. The smallest absolute Gasteiger partial charge is 0.305 e. The predicted octanol–water partition coefficient (Wildman–Crippen LogP) is 0.850. The zero-order valence-corrected chi connectivity index (χ0v) is 8.39. The molecule has 0 radical (unpaired) electrons. The molecule has 0 aromatic heterocycles. The quantitative estimate of drug-likeness (QED) is 0.471. The van der Waals surface area contributed by atoms with Gasteiger partial charge in [-0.05, 0) is 6.07 Å². The Balaban J connectivity index is 3.63. The molecule has 0 heterocycles. The van der Waals surface area contributed by atoms with E-state index in [1.54, 1.807) is 0 Å². The molecule has 0 unspecified atom stereocenters. The van der Waals surface area contributed by atoms with Gasteiger partial charge in [0, 0.05) is 6.07 Å². The van der Waals surface area contributed by atoms with E-state index in [1.807, 2.05) is 0 Å². The number of hydrogen-bond acceptors (Lipinski definition) is 5. The van der Waals surface area contributed by atoms with Crippen molar-refractivity contribution in [1.82, 2.24) is 0 Å². The second-order valence-corrected chi connectivity index (χ2v) is 3.90. The number of nitro benzene ring substituents is 1. The Morgan fingerprint density at radius 1 is 1.47 bits per heavy atom. The molecule has 0 amide bonds. The van der Waals surface area contributed by atoms with Gasteiger partial charge in [-0.25, -0.2) is 0 Å². The zero-order chi connectivity index (χ0) is 11.6. The monoisotopic (exact) mass is 233 g/mol. The SMILES string of the molecule is COc1cccc([N+](=O)[O-])c1S(=O)(=O)O. The summed E-state index contributed by atoms with van der Waals surface area (Å²) in [5.74, 6) is -0.272. The molecule has 0 saturated carbocycles. The van der Waals surface area contributed by atoms with E-state index in [2.05, 4.69) is 4.74 Å². The first-order chi connectivity index (χ1) is 6.88. The molecule has 0 saturated heterocycles. The van der Waals surface area contributed by atoms with E-state index in [0.29, 0.717) is 0 Å². The normalized spacial score (nSPS) is 11.1. The molecule has 0 aliphatic heterocycles. The van der Waals surface area contributed by atoms with Crippen LogP contribution >= 0.6 is 0 Å². The summed E-state index contributed by atoms with van der Waals surface area (Å²) in [5.41, 5.74) is -0.725. The van der Waals surface area contributed by atoms with Gasteiger partial charge in [0.25, 0.3) is 5.69 Å². The highest BCUT2D eigenvalue weighted by molar-refractivity contribution is 7.86. The van der Waals surface area contributed by atoms with Crippen molar-refractivity contribution in [2.75, 3.05) is 7.11 Å².